The molecule has 0 saturated heterocycles. The Morgan fingerprint density at radius 2 is 1.30 bits per heavy atom. The van der Waals surface area contributed by atoms with E-state index in [2.05, 4.69) is 5.32 Å². The lowest BCUT2D eigenvalue weighted by Crippen LogP contribution is -2.32. The number of carbonyl (C=O) groups is 2. The second kappa shape index (κ2) is 10.8. The molecule has 3 aromatic rings. The van der Waals surface area contributed by atoms with Gasteiger partial charge in [-0.05, 0) is 23.3 Å². The number of carboxylic acid groups (broad SMARTS) is 1. The van der Waals surface area contributed by atoms with Crippen LogP contribution in [0.2, 0.25) is 0 Å². The molecular weight excluding hydrogens is 378 g/mol. The molecule has 5 heteroatoms. The molecule has 1 amide bonds. The van der Waals surface area contributed by atoms with E-state index < -0.39 is 12.1 Å². The summed E-state index contributed by atoms with van der Waals surface area (Å²) >= 11 is 0. The summed E-state index contributed by atoms with van der Waals surface area (Å²) in [6.45, 7) is 0.435. The summed E-state index contributed by atoms with van der Waals surface area (Å²) in [5.74, 6) is -0.793. The molecule has 0 saturated carbocycles. The van der Waals surface area contributed by atoms with Gasteiger partial charge < -0.3 is 15.2 Å². The second-order valence-electron chi connectivity index (χ2n) is 6.97. The molecule has 0 spiro atoms. The first-order valence-corrected chi connectivity index (χ1v) is 9.94. The van der Waals surface area contributed by atoms with E-state index in [1.807, 2.05) is 66.7 Å². The van der Waals surface area contributed by atoms with Crippen LogP contribution < -0.4 is 10.1 Å². The van der Waals surface area contributed by atoms with E-state index in [1.165, 1.54) is 0 Å². The Hall–Kier alpha value is -3.60. The Morgan fingerprint density at radius 1 is 0.800 bits per heavy atom. The van der Waals surface area contributed by atoms with Crippen molar-refractivity contribution in [3.63, 3.8) is 0 Å². The molecule has 3 aromatic carbocycles. The van der Waals surface area contributed by atoms with Crippen LogP contribution in [0.5, 0.6) is 5.75 Å². The van der Waals surface area contributed by atoms with E-state index in [9.17, 15) is 14.7 Å². The highest BCUT2D eigenvalue weighted by Crippen LogP contribution is 2.23. The van der Waals surface area contributed by atoms with Gasteiger partial charge in [-0.1, -0.05) is 78.9 Å². The van der Waals surface area contributed by atoms with Crippen LogP contribution in [0.15, 0.2) is 91.0 Å². The molecular formula is C25H25NO4. The smallest absolute Gasteiger partial charge is 0.344 e. The zero-order chi connectivity index (χ0) is 21.2. The summed E-state index contributed by atoms with van der Waals surface area (Å²) in [5.41, 5.74) is 2.22. The number of aliphatic carboxylic acids is 1. The Bertz CT molecular complexity index is 890. The van der Waals surface area contributed by atoms with E-state index in [0.29, 0.717) is 12.3 Å². The quantitative estimate of drug-likeness (QED) is 0.531. The van der Waals surface area contributed by atoms with E-state index in [1.54, 1.807) is 24.3 Å². The standard InChI is InChI=1S/C25H25NO4/c27-24(17-16-23(25(28)29)30-21-14-8-3-9-15-21)26-18-22(19-10-4-1-5-11-19)20-12-6-2-7-13-20/h1-15,22-23H,16-18H2,(H,26,27)(H,28,29). The van der Waals surface area contributed by atoms with E-state index in [4.69, 9.17) is 4.74 Å². The summed E-state index contributed by atoms with van der Waals surface area (Å²) in [6.07, 6.45) is -0.908. The lowest BCUT2D eigenvalue weighted by atomic mass is 9.91. The molecule has 0 aromatic heterocycles. The molecule has 3 rings (SSSR count). The van der Waals surface area contributed by atoms with Crippen molar-refractivity contribution in [2.24, 2.45) is 0 Å². The zero-order valence-corrected chi connectivity index (χ0v) is 16.6. The van der Waals surface area contributed by atoms with Gasteiger partial charge in [0.05, 0.1) is 0 Å². The Balaban J connectivity index is 1.58. The van der Waals surface area contributed by atoms with Crippen LogP contribution in [-0.4, -0.2) is 29.6 Å². The number of benzene rings is 3. The number of ether oxygens (including phenoxy) is 1. The number of hydrogen-bond acceptors (Lipinski definition) is 3. The molecule has 0 fully saturated rings. The molecule has 0 bridgehead atoms. The summed E-state index contributed by atoms with van der Waals surface area (Å²) in [6, 6.07) is 28.8. The van der Waals surface area contributed by atoms with Gasteiger partial charge in [-0.25, -0.2) is 4.79 Å². The molecule has 0 radical (unpaired) electrons. The van der Waals surface area contributed by atoms with Crippen molar-refractivity contribution >= 4 is 11.9 Å². The Morgan fingerprint density at radius 3 is 1.80 bits per heavy atom. The number of carbonyl (C=O) groups excluding carboxylic acids is 1. The second-order valence-corrected chi connectivity index (χ2v) is 6.97. The van der Waals surface area contributed by atoms with Crippen molar-refractivity contribution in [3.8, 4) is 5.75 Å². The predicted molar refractivity (Wildman–Crippen MR) is 115 cm³/mol. The maximum absolute atomic E-state index is 12.4. The van der Waals surface area contributed by atoms with Crippen LogP contribution in [0, 0.1) is 0 Å². The lowest BCUT2D eigenvalue weighted by Gasteiger charge is -2.19. The van der Waals surface area contributed by atoms with Crippen LogP contribution in [0.1, 0.15) is 29.9 Å². The maximum Gasteiger partial charge on any atom is 0.344 e. The average molecular weight is 403 g/mol. The molecule has 30 heavy (non-hydrogen) atoms. The molecule has 1 unspecified atom stereocenters. The lowest BCUT2D eigenvalue weighted by molar-refractivity contribution is -0.145. The third kappa shape index (κ3) is 6.21. The van der Waals surface area contributed by atoms with Crippen molar-refractivity contribution in [1.82, 2.24) is 5.32 Å². The minimum absolute atomic E-state index is 0.0205. The van der Waals surface area contributed by atoms with E-state index in [-0.39, 0.29) is 24.7 Å². The fourth-order valence-electron chi connectivity index (χ4n) is 3.26. The molecule has 5 nitrogen and oxygen atoms in total. The number of carboxylic acids is 1. The first kappa shape index (κ1) is 21.1. The van der Waals surface area contributed by atoms with Crippen molar-refractivity contribution in [3.05, 3.63) is 102 Å². The highest BCUT2D eigenvalue weighted by atomic mass is 16.5. The molecule has 0 aliphatic heterocycles. The Kier molecular flexibility index (Phi) is 7.61. The average Bonchev–Trinajstić information content (AvgIpc) is 2.78. The molecule has 0 aliphatic carbocycles. The highest BCUT2D eigenvalue weighted by molar-refractivity contribution is 5.78. The van der Waals surface area contributed by atoms with Crippen LogP contribution >= 0.6 is 0 Å². The predicted octanol–water partition coefficient (Wildman–Crippen LogP) is 4.25. The monoisotopic (exact) mass is 403 g/mol. The third-order valence-electron chi connectivity index (χ3n) is 4.84. The van der Waals surface area contributed by atoms with Crippen LogP contribution in [0.3, 0.4) is 0 Å². The first-order chi connectivity index (χ1) is 14.6. The minimum Gasteiger partial charge on any atom is -0.479 e. The molecule has 0 aliphatic rings. The van der Waals surface area contributed by atoms with Gasteiger partial charge in [0.1, 0.15) is 5.75 Å². The van der Waals surface area contributed by atoms with Gasteiger partial charge in [-0.2, -0.15) is 0 Å². The van der Waals surface area contributed by atoms with Gasteiger partial charge in [0.25, 0.3) is 0 Å². The summed E-state index contributed by atoms with van der Waals surface area (Å²) in [4.78, 5) is 23.9. The number of hydrogen-bond donors (Lipinski definition) is 2. The Labute approximate surface area is 176 Å². The number of nitrogens with one attached hydrogen (secondary N) is 1. The molecule has 154 valence electrons. The summed E-state index contributed by atoms with van der Waals surface area (Å²) < 4.78 is 5.51. The van der Waals surface area contributed by atoms with Gasteiger partial charge >= 0.3 is 5.97 Å². The fraction of sp³-hybridized carbons (Fsp3) is 0.200. The van der Waals surface area contributed by atoms with Gasteiger partial charge in [0, 0.05) is 25.3 Å². The van der Waals surface area contributed by atoms with Crippen molar-refractivity contribution in [2.45, 2.75) is 24.9 Å². The van der Waals surface area contributed by atoms with Crippen LogP contribution in [0.4, 0.5) is 0 Å². The maximum atomic E-state index is 12.4. The summed E-state index contributed by atoms with van der Waals surface area (Å²) in [5, 5.41) is 12.4. The molecule has 1 atom stereocenters. The fourth-order valence-corrected chi connectivity index (χ4v) is 3.26. The van der Waals surface area contributed by atoms with Crippen molar-refractivity contribution in [1.29, 1.82) is 0 Å². The zero-order valence-electron chi connectivity index (χ0n) is 16.6. The van der Waals surface area contributed by atoms with Gasteiger partial charge in [0.2, 0.25) is 5.91 Å². The SMILES string of the molecule is O=C(CCC(Oc1ccccc1)C(=O)O)NCC(c1ccccc1)c1ccccc1. The van der Waals surface area contributed by atoms with Crippen molar-refractivity contribution in [2.75, 3.05) is 6.54 Å². The van der Waals surface area contributed by atoms with Crippen LogP contribution in [0.25, 0.3) is 0 Å². The topological polar surface area (TPSA) is 75.6 Å². The van der Waals surface area contributed by atoms with E-state index >= 15 is 0 Å². The normalized spacial score (nSPS) is 11.6. The van der Waals surface area contributed by atoms with Gasteiger partial charge in [0.15, 0.2) is 6.10 Å². The van der Waals surface area contributed by atoms with Crippen LogP contribution in [-0.2, 0) is 9.59 Å². The third-order valence-corrected chi connectivity index (χ3v) is 4.84. The van der Waals surface area contributed by atoms with Gasteiger partial charge in [-0.3, -0.25) is 4.79 Å². The van der Waals surface area contributed by atoms with E-state index in [0.717, 1.165) is 11.1 Å². The minimum atomic E-state index is -1.09. The number of amides is 1. The van der Waals surface area contributed by atoms with Gasteiger partial charge in [-0.15, -0.1) is 0 Å². The summed E-state index contributed by atoms with van der Waals surface area (Å²) in [7, 11) is 0. The highest BCUT2D eigenvalue weighted by Gasteiger charge is 2.21. The molecule has 2 N–H and O–H groups in total. The largest absolute Gasteiger partial charge is 0.479 e. The molecule has 0 heterocycles. The number of para-hydroxylation sites is 1. The first-order valence-electron chi connectivity index (χ1n) is 9.94. The van der Waals surface area contributed by atoms with Crippen molar-refractivity contribution < 1.29 is 19.4 Å². The number of rotatable bonds is 10.